The first-order valence-corrected chi connectivity index (χ1v) is 9.07. The van der Waals surface area contributed by atoms with Crippen LogP contribution in [0.4, 0.5) is 10.4 Å². The predicted octanol–water partition coefficient (Wildman–Crippen LogP) is 2.97. The highest BCUT2D eigenvalue weighted by Crippen LogP contribution is 2.22. The zero-order valence-electron chi connectivity index (χ0n) is 16.2. The Bertz CT molecular complexity index is 942. The lowest BCUT2D eigenvalue weighted by molar-refractivity contribution is -0.120. The molecule has 0 spiro atoms. The lowest BCUT2D eigenvalue weighted by atomic mass is 10.1. The summed E-state index contributed by atoms with van der Waals surface area (Å²) in [6.45, 7) is 0.218. The summed E-state index contributed by atoms with van der Waals surface area (Å²) >= 11 is 0. The van der Waals surface area contributed by atoms with Crippen LogP contribution in [0.25, 0.3) is 11.1 Å². The Morgan fingerprint density at radius 1 is 1.28 bits per heavy atom. The number of ether oxygens (including phenoxy) is 1. The van der Waals surface area contributed by atoms with E-state index < -0.39 is 0 Å². The van der Waals surface area contributed by atoms with Crippen molar-refractivity contribution in [3.05, 3.63) is 66.0 Å². The minimum absolute atomic E-state index is 0.0962. The number of nitrogens with one attached hydrogen (secondary N) is 1. The molecule has 1 heterocycles. The van der Waals surface area contributed by atoms with Crippen molar-refractivity contribution in [3.63, 3.8) is 0 Å². The maximum Gasteiger partial charge on any atom is 0.292 e. The van der Waals surface area contributed by atoms with Crippen molar-refractivity contribution < 1.29 is 18.3 Å². The van der Waals surface area contributed by atoms with E-state index in [1.807, 2.05) is 30.3 Å². The molecule has 8 heteroatoms. The summed E-state index contributed by atoms with van der Waals surface area (Å²) in [5, 5.41) is 2.60. The third-order valence-corrected chi connectivity index (χ3v) is 3.98. The first-order valence-electron chi connectivity index (χ1n) is 9.07. The van der Waals surface area contributed by atoms with Crippen LogP contribution in [0.1, 0.15) is 12.0 Å². The van der Waals surface area contributed by atoms with Gasteiger partial charge in [0.1, 0.15) is 17.9 Å². The minimum Gasteiger partial charge on any atom is -0.489 e. The van der Waals surface area contributed by atoms with Crippen LogP contribution in [0.5, 0.6) is 5.75 Å². The second-order valence-corrected chi connectivity index (χ2v) is 6.10. The van der Waals surface area contributed by atoms with Crippen molar-refractivity contribution in [2.45, 2.75) is 12.8 Å². The highest BCUT2D eigenvalue weighted by atomic mass is 19.1. The zero-order chi connectivity index (χ0) is 21.1. The van der Waals surface area contributed by atoms with E-state index in [1.165, 1.54) is 5.56 Å². The first kappa shape index (κ1) is 21.9. The smallest absolute Gasteiger partial charge is 0.292 e. The average Bonchev–Trinajstić information content (AvgIpc) is 3.13. The Hall–Kier alpha value is -3.39. The largest absolute Gasteiger partial charge is 0.489 e. The molecule has 3 rings (SSSR count). The summed E-state index contributed by atoms with van der Waals surface area (Å²) in [5.41, 5.74) is 13.5. The molecule has 5 N–H and O–H groups in total. The number of benzene rings is 2. The number of hydrogen-bond acceptors (Lipinski definition) is 6. The van der Waals surface area contributed by atoms with Crippen molar-refractivity contribution in [3.8, 4) is 5.75 Å². The van der Waals surface area contributed by atoms with Gasteiger partial charge in [0.25, 0.3) is 6.01 Å². The van der Waals surface area contributed by atoms with E-state index in [1.54, 1.807) is 25.2 Å². The summed E-state index contributed by atoms with van der Waals surface area (Å²) in [6.07, 6.45) is 1.84. The third-order valence-electron chi connectivity index (χ3n) is 3.98. The zero-order valence-corrected chi connectivity index (χ0v) is 16.2. The van der Waals surface area contributed by atoms with E-state index >= 15 is 0 Å². The number of nitrogens with two attached hydrogens (primary N) is 2. The number of aromatic nitrogens is 1. The molecule has 1 aromatic heterocycles. The average molecular weight is 400 g/mol. The fourth-order valence-corrected chi connectivity index (χ4v) is 2.35. The van der Waals surface area contributed by atoms with E-state index in [4.69, 9.17) is 20.6 Å². The number of amides is 1. The number of oxazole rings is 1. The summed E-state index contributed by atoms with van der Waals surface area (Å²) in [6, 6.07) is 15.2. The number of anilines is 1. The second-order valence-electron chi connectivity index (χ2n) is 6.10. The molecule has 3 aromatic rings. The van der Waals surface area contributed by atoms with Crippen LogP contribution in [-0.2, 0) is 11.2 Å². The Morgan fingerprint density at radius 3 is 2.69 bits per heavy atom. The molecule has 0 radical (unpaired) electrons. The monoisotopic (exact) mass is 400 g/mol. The molecule has 0 unspecified atom stereocenters. The summed E-state index contributed by atoms with van der Waals surface area (Å²) in [4.78, 5) is 14.8. The van der Waals surface area contributed by atoms with Gasteiger partial charge < -0.3 is 25.9 Å². The van der Waals surface area contributed by atoms with E-state index in [2.05, 4.69) is 10.3 Å². The van der Waals surface area contributed by atoms with E-state index in [-0.39, 0.29) is 25.1 Å². The number of nitrogen functional groups attached to an aromatic ring is 1. The fraction of sp³-hybridized carbons (Fsp3) is 0.238. The van der Waals surface area contributed by atoms with E-state index in [9.17, 15) is 9.18 Å². The number of rotatable bonds is 7. The Labute approximate surface area is 168 Å². The number of halogens is 1. The maximum atomic E-state index is 12.2. The molecule has 0 bridgehead atoms. The summed E-state index contributed by atoms with van der Waals surface area (Å²) < 4.78 is 22.7. The molecule has 7 nitrogen and oxygen atoms in total. The molecule has 0 aliphatic heterocycles. The van der Waals surface area contributed by atoms with Crippen LogP contribution in [0.15, 0.2) is 64.9 Å². The van der Waals surface area contributed by atoms with Crippen molar-refractivity contribution in [2.75, 3.05) is 25.9 Å². The third kappa shape index (κ3) is 7.27. The van der Waals surface area contributed by atoms with Crippen LogP contribution in [0.3, 0.4) is 0 Å². The number of fused-ring (bicyclic) bond motifs is 1. The van der Waals surface area contributed by atoms with Gasteiger partial charge in [0.2, 0.25) is 5.91 Å². The molecule has 0 saturated heterocycles. The number of carbonyl (C=O) groups is 1. The maximum absolute atomic E-state index is 12.2. The van der Waals surface area contributed by atoms with Gasteiger partial charge in [-0.15, -0.1) is 0 Å². The number of hydrogen-bond donors (Lipinski definition) is 3. The molecule has 0 atom stereocenters. The van der Waals surface area contributed by atoms with Gasteiger partial charge in [0.15, 0.2) is 5.58 Å². The van der Waals surface area contributed by atoms with Gasteiger partial charge in [-0.3, -0.25) is 4.79 Å². The van der Waals surface area contributed by atoms with Gasteiger partial charge in [-0.25, -0.2) is 4.39 Å². The molecule has 0 saturated carbocycles. The van der Waals surface area contributed by atoms with Crippen LogP contribution in [0.2, 0.25) is 0 Å². The summed E-state index contributed by atoms with van der Waals surface area (Å²) in [5.74, 6) is 0.639. The minimum atomic E-state index is 0.0962. The van der Waals surface area contributed by atoms with Crippen molar-refractivity contribution >= 4 is 23.0 Å². The highest BCUT2D eigenvalue weighted by molar-refractivity contribution is 5.76. The molecule has 29 heavy (non-hydrogen) atoms. The van der Waals surface area contributed by atoms with Crippen molar-refractivity contribution in [2.24, 2.45) is 5.73 Å². The molecule has 0 aliphatic rings. The van der Waals surface area contributed by atoms with Crippen LogP contribution >= 0.6 is 0 Å². The van der Waals surface area contributed by atoms with Gasteiger partial charge in [0, 0.05) is 31.7 Å². The fourth-order valence-electron chi connectivity index (χ4n) is 2.35. The SMILES string of the molecule is CNC(=O)CCc1ccccc1.NC/C(=C/F)COc1ccc2nc(N)oc2c1. The van der Waals surface area contributed by atoms with Gasteiger partial charge in [-0.2, -0.15) is 4.98 Å². The number of aryl methyl sites for hydroxylation is 1. The molecule has 1 amide bonds. The molecule has 0 fully saturated rings. The van der Waals surface area contributed by atoms with Gasteiger partial charge >= 0.3 is 0 Å². The topological polar surface area (TPSA) is 116 Å². The molecular weight excluding hydrogens is 375 g/mol. The number of carbonyl (C=O) groups excluding carboxylic acids is 1. The van der Waals surface area contributed by atoms with Gasteiger partial charge in [0.05, 0.1) is 6.33 Å². The summed E-state index contributed by atoms with van der Waals surface area (Å²) in [7, 11) is 1.66. The van der Waals surface area contributed by atoms with Crippen molar-refractivity contribution in [1.82, 2.24) is 10.3 Å². The van der Waals surface area contributed by atoms with Crippen LogP contribution in [-0.4, -0.2) is 31.1 Å². The lowest BCUT2D eigenvalue weighted by Gasteiger charge is -2.06. The van der Waals surface area contributed by atoms with Gasteiger partial charge in [-0.1, -0.05) is 30.3 Å². The number of nitrogens with zero attached hydrogens (tertiary/aromatic N) is 1. The lowest BCUT2D eigenvalue weighted by Crippen LogP contribution is -2.17. The standard InChI is InChI=1S/C11H12FN3O2.C10H13NO/c12-4-7(5-13)6-16-8-1-2-9-10(3-8)17-11(14)15-9;1-11-10(12)8-7-9-5-3-2-4-6-9/h1-4H,5-6,13H2,(H2,14,15);2-6H,7-8H2,1H3,(H,11,12)/b7-4-;. The first-order chi connectivity index (χ1) is 14.0. The second kappa shape index (κ2) is 11.5. The quantitative estimate of drug-likeness (QED) is 0.561. The normalized spacial score (nSPS) is 10.9. The molecule has 0 aliphatic carbocycles. The molecule has 154 valence electrons. The Balaban J connectivity index is 0.000000221. The molecular formula is C21H25FN4O3. The van der Waals surface area contributed by atoms with E-state index in [0.717, 1.165) is 6.42 Å². The predicted molar refractivity (Wildman–Crippen MR) is 111 cm³/mol. The van der Waals surface area contributed by atoms with E-state index in [0.29, 0.717) is 35.2 Å². The highest BCUT2D eigenvalue weighted by Gasteiger charge is 2.05. The molecule has 2 aromatic carbocycles. The Kier molecular flexibility index (Phi) is 8.65. The van der Waals surface area contributed by atoms with Gasteiger partial charge in [-0.05, 0) is 24.1 Å². The van der Waals surface area contributed by atoms with Crippen LogP contribution in [0, 0.1) is 0 Å². The van der Waals surface area contributed by atoms with Crippen molar-refractivity contribution in [1.29, 1.82) is 0 Å². The Morgan fingerprint density at radius 2 is 2.03 bits per heavy atom. The van der Waals surface area contributed by atoms with Crippen LogP contribution < -0.4 is 21.5 Å².